The Morgan fingerprint density at radius 2 is 2.28 bits per heavy atom. The summed E-state index contributed by atoms with van der Waals surface area (Å²) in [7, 11) is 0. The lowest BCUT2D eigenvalue weighted by atomic mass is 10.2. The Bertz CT molecular complexity index is 375. The predicted octanol–water partition coefficient (Wildman–Crippen LogP) is 1.89. The van der Waals surface area contributed by atoms with Gasteiger partial charge in [0.25, 0.3) is 0 Å². The van der Waals surface area contributed by atoms with Gasteiger partial charge in [0.15, 0.2) is 0 Å². The van der Waals surface area contributed by atoms with Gasteiger partial charge in [-0.2, -0.15) is 5.10 Å². The minimum Gasteiger partial charge on any atom is -0.382 e. The smallest absolute Gasteiger partial charge is 0.244 e. The Balaban J connectivity index is 2.63. The van der Waals surface area contributed by atoms with Crippen LogP contribution < -0.4 is 5.73 Å². The van der Waals surface area contributed by atoms with Crippen molar-refractivity contribution in [2.24, 2.45) is 0 Å². The molecule has 102 valence electrons. The number of rotatable bonds is 7. The van der Waals surface area contributed by atoms with Crippen LogP contribution in [0.2, 0.25) is 0 Å². The molecule has 0 aliphatic heterocycles. The monoisotopic (exact) mass is 252 g/mol. The summed E-state index contributed by atoms with van der Waals surface area (Å²) in [5, 5.41) is 4.05. The highest BCUT2D eigenvalue weighted by atomic mass is 16.2. The fraction of sp³-hybridized carbons (Fsp3) is 0.692. The second kappa shape index (κ2) is 7.03. The van der Waals surface area contributed by atoms with Gasteiger partial charge < -0.3 is 10.6 Å². The van der Waals surface area contributed by atoms with E-state index in [-0.39, 0.29) is 18.5 Å². The number of nitrogens with zero attached hydrogens (tertiary/aromatic N) is 3. The lowest BCUT2D eigenvalue weighted by molar-refractivity contribution is -0.134. The van der Waals surface area contributed by atoms with E-state index in [9.17, 15) is 4.79 Å². The maximum Gasteiger partial charge on any atom is 0.244 e. The van der Waals surface area contributed by atoms with Crippen LogP contribution in [0.15, 0.2) is 12.3 Å². The lowest BCUT2D eigenvalue weighted by Crippen LogP contribution is -2.41. The standard InChI is InChI=1S/C13H24N4O/c1-4-6-8-17(11(3)5-2)13(18)10-16-9-7-12(14)15-16/h7,9,11H,4-6,8,10H2,1-3H3,(H2,14,15). The van der Waals surface area contributed by atoms with E-state index < -0.39 is 0 Å². The van der Waals surface area contributed by atoms with Crippen molar-refractivity contribution in [3.8, 4) is 0 Å². The van der Waals surface area contributed by atoms with Crippen molar-refractivity contribution < 1.29 is 4.79 Å². The zero-order valence-corrected chi connectivity index (χ0v) is 11.6. The zero-order chi connectivity index (χ0) is 13.5. The minimum absolute atomic E-state index is 0.112. The van der Waals surface area contributed by atoms with E-state index >= 15 is 0 Å². The summed E-state index contributed by atoms with van der Waals surface area (Å²) in [4.78, 5) is 14.2. The van der Waals surface area contributed by atoms with Crippen LogP contribution in [0.4, 0.5) is 5.82 Å². The second-order valence-corrected chi connectivity index (χ2v) is 4.64. The molecule has 5 heteroatoms. The van der Waals surface area contributed by atoms with E-state index in [1.165, 1.54) is 0 Å². The zero-order valence-electron chi connectivity index (χ0n) is 11.6. The van der Waals surface area contributed by atoms with Crippen molar-refractivity contribution in [2.75, 3.05) is 12.3 Å². The molecule has 0 saturated heterocycles. The van der Waals surface area contributed by atoms with Gasteiger partial charge in [-0.25, -0.2) is 0 Å². The molecule has 2 N–H and O–H groups in total. The average molecular weight is 252 g/mol. The van der Waals surface area contributed by atoms with Crippen LogP contribution in [-0.2, 0) is 11.3 Å². The number of unbranched alkanes of at least 4 members (excludes halogenated alkanes) is 1. The highest BCUT2D eigenvalue weighted by Crippen LogP contribution is 2.08. The molecule has 0 aliphatic carbocycles. The molecule has 5 nitrogen and oxygen atoms in total. The molecule has 1 heterocycles. The first kappa shape index (κ1) is 14.5. The van der Waals surface area contributed by atoms with Crippen molar-refractivity contribution in [1.82, 2.24) is 14.7 Å². The fourth-order valence-electron chi connectivity index (χ4n) is 1.83. The second-order valence-electron chi connectivity index (χ2n) is 4.64. The molecular formula is C13H24N4O. The summed E-state index contributed by atoms with van der Waals surface area (Å²) >= 11 is 0. The third-order valence-electron chi connectivity index (χ3n) is 3.15. The highest BCUT2D eigenvalue weighted by Gasteiger charge is 2.18. The van der Waals surface area contributed by atoms with Gasteiger partial charge in [-0.15, -0.1) is 0 Å². The van der Waals surface area contributed by atoms with E-state index in [4.69, 9.17) is 5.73 Å². The van der Waals surface area contributed by atoms with Crippen molar-refractivity contribution in [2.45, 2.75) is 52.6 Å². The minimum atomic E-state index is 0.112. The molecule has 1 atom stereocenters. The molecule has 1 rings (SSSR count). The van der Waals surface area contributed by atoms with Gasteiger partial charge in [0.2, 0.25) is 5.91 Å². The Morgan fingerprint density at radius 1 is 1.56 bits per heavy atom. The third kappa shape index (κ3) is 4.05. The lowest BCUT2D eigenvalue weighted by Gasteiger charge is -2.28. The largest absolute Gasteiger partial charge is 0.382 e. The number of aromatic nitrogens is 2. The third-order valence-corrected chi connectivity index (χ3v) is 3.15. The summed E-state index contributed by atoms with van der Waals surface area (Å²) in [6.07, 6.45) is 4.84. The Kier molecular flexibility index (Phi) is 5.68. The molecule has 0 radical (unpaired) electrons. The topological polar surface area (TPSA) is 64.2 Å². The van der Waals surface area contributed by atoms with Crippen LogP contribution in [-0.4, -0.2) is 33.2 Å². The number of hydrogen-bond donors (Lipinski definition) is 1. The van der Waals surface area contributed by atoms with Gasteiger partial charge in [-0.1, -0.05) is 20.3 Å². The summed E-state index contributed by atoms with van der Waals surface area (Å²) in [5.74, 6) is 0.562. The van der Waals surface area contributed by atoms with Crippen LogP contribution in [0.5, 0.6) is 0 Å². The average Bonchev–Trinajstić information content (AvgIpc) is 2.74. The number of anilines is 1. The fourth-order valence-corrected chi connectivity index (χ4v) is 1.83. The van der Waals surface area contributed by atoms with Crippen LogP contribution in [0, 0.1) is 0 Å². The SMILES string of the molecule is CCCCN(C(=O)Cn1ccc(N)n1)C(C)CC. The molecule has 1 unspecified atom stereocenters. The maximum atomic E-state index is 12.3. The summed E-state index contributed by atoms with van der Waals surface area (Å²) in [6.45, 7) is 7.41. The molecular weight excluding hydrogens is 228 g/mol. The van der Waals surface area contributed by atoms with Gasteiger partial charge in [0, 0.05) is 18.8 Å². The predicted molar refractivity (Wildman–Crippen MR) is 73.0 cm³/mol. The van der Waals surface area contributed by atoms with E-state index in [2.05, 4.69) is 25.9 Å². The molecule has 18 heavy (non-hydrogen) atoms. The van der Waals surface area contributed by atoms with Crippen LogP contribution in [0.1, 0.15) is 40.0 Å². The normalized spacial score (nSPS) is 12.4. The Morgan fingerprint density at radius 3 is 2.78 bits per heavy atom. The van der Waals surface area contributed by atoms with E-state index in [0.717, 1.165) is 25.8 Å². The first-order valence-electron chi connectivity index (χ1n) is 6.66. The van der Waals surface area contributed by atoms with Crippen LogP contribution >= 0.6 is 0 Å². The first-order chi connectivity index (χ1) is 8.58. The molecule has 0 fully saturated rings. The van der Waals surface area contributed by atoms with Crippen molar-refractivity contribution >= 4 is 11.7 Å². The molecule has 0 aromatic carbocycles. The van der Waals surface area contributed by atoms with Crippen molar-refractivity contribution in [1.29, 1.82) is 0 Å². The summed E-state index contributed by atoms with van der Waals surface area (Å²) in [6, 6.07) is 1.98. The molecule has 0 bridgehead atoms. The first-order valence-corrected chi connectivity index (χ1v) is 6.66. The molecule has 1 amide bonds. The van der Waals surface area contributed by atoms with Gasteiger partial charge in [-0.3, -0.25) is 9.48 Å². The van der Waals surface area contributed by atoms with Gasteiger partial charge >= 0.3 is 0 Å². The number of nitrogens with two attached hydrogens (primary N) is 1. The van der Waals surface area contributed by atoms with E-state index in [1.807, 2.05) is 4.90 Å². The van der Waals surface area contributed by atoms with Crippen LogP contribution in [0.3, 0.4) is 0 Å². The molecule has 0 saturated carbocycles. The Hall–Kier alpha value is -1.52. The number of carbonyl (C=O) groups is 1. The van der Waals surface area contributed by atoms with Crippen molar-refractivity contribution in [3.63, 3.8) is 0 Å². The maximum absolute atomic E-state index is 12.3. The Labute approximate surface area is 109 Å². The van der Waals surface area contributed by atoms with Gasteiger partial charge in [0.1, 0.15) is 12.4 Å². The molecule has 1 aromatic rings. The summed E-state index contributed by atoms with van der Waals surface area (Å²) < 4.78 is 1.60. The molecule has 0 aliphatic rings. The highest BCUT2D eigenvalue weighted by molar-refractivity contribution is 5.76. The number of amides is 1. The number of hydrogen-bond acceptors (Lipinski definition) is 3. The number of nitrogen functional groups attached to an aromatic ring is 1. The van der Waals surface area contributed by atoms with Gasteiger partial charge in [0.05, 0.1) is 0 Å². The molecule has 0 spiro atoms. The van der Waals surface area contributed by atoms with Gasteiger partial charge in [-0.05, 0) is 25.8 Å². The molecule has 1 aromatic heterocycles. The van der Waals surface area contributed by atoms with E-state index in [1.54, 1.807) is 16.9 Å². The van der Waals surface area contributed by atoms with E-state index in [0.29, 0.717) is 5.82 Å². The quantitative estimate of drug-likeness (QED) is 0.806. The summed E-state index contributed by atoms with van der Waals surface area (Å²) in [5.41, 5.74) is 5.54. The van der Waals surface area contributed by atoms with Crippen molar-refractivity contribution in [3.05, 3.63) is 12.3 Å². The van der Waals surface area contributed by atoms with Crippen LogP contribution in [0.25, 0.3) is 0 Å². The number of carbonyl (C=O) groups excluding carboxylic acids is 1.